The van der Waals surface area contributed by atoms with E-state index in [0.717, 1.165) is 0 Å². The molecule has 0 aliphatic heterocycles. The van der Waals surface area contributed by atoms with Crippen molar-refractivity contribution < 1.29 is 19.4 Å². The molecule has 0 saturated carbocycles. The van der Waals surface area contributed by atoms with Gasteiger partial charge in [-0.05, 0) is 55.8 Å². The number of nitrogens with one attached hydrogen (secondary N) is 1. The highest BCUT2D eigenvalue weighted by atomic mass is 35.5. The number of aromatic nitrogens is 2. The van der Waals surface area contributed by atoms with E-state index in [2.05, 4.69) is 9.97 Å². The molecule has 3 aromatic rings. The lowest BCUT2D eigenvalue weighted by molar-refractivity contribution is 0.0697. The third kappa shape index (κ3) is 4.58. The molecule has 0 atom stereocenters. The first-order valence-corrected chi connectivity index (χ1v) is 9.64. The van der Waals surface area contributed by atoms with E-state index < -0.39 is 11.5 Å². The van der Waals surface area contributed by atoms with Gasteiger partial charge in [0.15, 0.2) is 17.3 Å². The lowest BCUT2D eigenvalue weighted by Crippen LogP contribution is -2.11. The molecule has 0 unspecified atom stereocenters. The van der Waals surface area contributed by atoms with Crippen LogP contribution in [-0.2, 0) is 0 Å². The zero-order valence-corrected chi connectivity index (χ0v) is 17.8. The minimum atomic E-state index is -1.12. The van der Waals surface area contributed by atoms with E-state index in [-0.39, 0.29) is 33.4 Å². The van der Waals surface area contributed by atoms with Crippen LogP contribution in [0, 0.1) is 0 Å². The van der Waals surface area contributed by atoms with Gasteiger partial charge in [-0.3, -0.25) is 4.79 Å². The lowest BCUT2D eigenvalue weighted by atomic mass is 10.1. The van der Waals surface area contributed by atoms with Crippen LogP contribution in [-0.4, -0.2) is 34.3 Å². The number of benzene rings is 2. The molecule has 1 aromatic heterocycles. The summed E-state index contributed by atoms with van der Waals surface area (Å²) in [7, 11) is 1.50. The average Bonchev–Trinajstić information content (AvgIpc) is 2.68. The first-order valence-electron chi connectivity index (χ1n) is 8.88. The average molecular weight is 449 g/mol. The number of ether oxygens (including phenoxy) is 2. The summed E-state index contributed by atoms with van der Waals surface area (Å²) in [6.07, 6.45) is 1.46. The zero-order valence-electron chi connectivity index (χ0n) is 16.3. The molecule has 1 heterocycles. The molecule has 0 saturated heterocycles. The summed E-state index contributed by atoms with van der Waals surface area (Å²) in [6, 6.07) is 7.40. The second kappa shape index (κ2) is 8.77. The molecular formula is C21H18Cl2N2O5. The highest BCUT2D eigenvalue weighted by Crippen LogP contribution is 2.38. The number of hydrogen-bond donors (Lipinski definition) is 2. The van der Waals surface area contributed by atoms with Gasteiger partial charge in [-0.1, -0.05) is 23.2 Å². The fourth-order valence-electron chi connectivity index (χ4n) is 2.77. The van der Waals surface area contributed by atoms with Gasteiger partial charge >= 0.3 is 5.97 Å². The molecular weight excluding hydrogens is 431 g/mol. The first-order chi connectivity index (χ1) is 14.2. The Morgan fingerprint density at radius 3 is 2.63 bits per heavy atom. The number of H-pyrrole nitrogens is 1. The Morgan fingerprint density at radius 2 is 2.00 bits per heavy atom. The summed E-state index contributed by atoms with van der Waals surface area (Å²) in [6.45, 7) is 3.75. The van der Waals surface area contributed by atoms with Crippen molar-refractivity contribution in [1.29, 1.82) is 0 Å². The smallest absolute Gasteiger partial charge is 0.335 e. The quantitative estimate of drug-likeness (QED) is 0.560. The van der Waals surface area contributed by atoms with E-state index in [1.807, 2.05) is 13.8 Å². The maximum atomic E-state index is 12.4. The van der Waals surface area contributed by atoms with Crippen LogP contribution in [0.25, 0.3) is 22.0 Å². The largest absolute Gasteiger partial charge is 0.493 e. The number of halogens is 2. The third-order valence-electron chi connectivity index (χ3n) is 4.08. The molecule has 2 aromatic carbocycles. The molecule has 0 amide bonds. The van der Waals surface area contributed by atoms with Crippen LogP contribution in [0.2, 0.25) is 5.02 Å². The number of rotatable bonds is 6. The number of carbonyl (C=O) groups is 1. The van der Waals surface area contributed by atoms with Crippen LogP contribution in [0.5, 0.6) is 11.5 Å². The van der Waals surface area contributed by atoms with Crippen molar-refractivity contribution in [1.82, 2.24) is 9.97 Å². The summed E-state index contributed by atoms with van der Waals surface area (Å²) in [5, 5.41) is 9.88. The number of methoxy groups -OCH3 is 1. The summed E-state index contributed by atoms with van der Waals surface area (Å²) in [5.41, 5.74) is 0.398. The van der Waals surface area contributed by atoms with E-state index in [0.29, 0.717) is 22.1 Å². The molecule has 0 bridgehead atoms. The third-order valence-corrected chi connectivity index (χ3v) is 4.65. The van der Waals surface area contributed by atoms with Gasteiger partial charge in [-0.15, -0.1) is 0 Å². The number of hydrogen-bond acceptors (Lipinski definition) is 5. The van der Waals surface area contributed by atoms with E-state index in [9.17, 15) is 9.59 Å². The van der Waals surface area contributed by atoms with Gasteiger partial charge in [0.2, 0.25) is 0 Å². The second-order valence-corrected chi connectivity index (χ2v) is 7.46. The Kier molecular flexibility index (Phi) is 6.34. The molecule has 7 nitrogen and oxygen atoms in total. The van der Waals surface area contributed by atoms with Crippen LogP contribution < -0.4 is 15.0 Å². The number of aromatic carboxylic acids is 1. The van der Waals surface area contributed by atoms with Gasteiger partial charge in [0.25, 0.3) is 5.56 Å². The number of carboxylic acid groups (broad SMARTS) is 1. The van der Waals surface area contributed by atoms with Crippen molar-refractivity contribution in [3.63, 3.8) is 0 Å². The molecule has 0 radical (unpaired) electrons. The second-order valence-electron chi connectivity index (χ2n) is 6.64. The topological polar surface area (TPSA) is 102 Å². The standard InChI is InChI=1S/C21H18Cl2N2O5/c1-10(2)30-18-14(22)6-11(8-17(18)29-3)7-15(23)19-24-16-9-12(21(27)28)4-5-13(16)20(26)25-19/h4-10H,1-3H3,(H,27,28)(H,24,25,26)/b15-7-. The molecule has 156 valence electrons. The van der Waals surface area contributed by atoms with E-state index in [1.165, 1.54) is 25.3 Å². The first kappa shape index (κ1) is 21.7. The van der Waals surface area contributed by atoms with Gasteiger partial charge in [0.05, 0.1) is 39.7 Å². The number of nitrogens with zero attached hydrogens (tertiary/aromatic N) is 1. The summed E-state index contributed by atoms with van der Waals surface area (Å²) >= 11 is 12.7. The van der Waals surface area contributed by atoms with Crippen molar-refractivity contribution in [2.75, 3.05) is 7.11 Å². The fourth-order valence-corrected chi connectivity index (χ4v) is 3.25. The molecule has 9 heteroatoms. The fraction of sp³-hybridized carbons (Fsp3) is 0.190. The van der Waals surface area contributed by atoms with Crippen molar-refractivity contribution in [2.45, 2.75) is 20.0 Å². The maximum Gasteiger partial charge on any atom is 0.335 e. The molecule has 0 aliphatic carbocycles. The Morgan fingerprint density at radius 1 is 1.27 bits per heavy atom. The minimum absolute atomic E-state index is 0.0175. The maximum absolute atomic E-state index is 12.4. The van der Waals surface area contributed by atoms with Gasteiger partial charge in [-0.25, -0.2) is 9.78 Å². The van der Waals surface area contributed by atoms with Crippen LogP contribution in [0.1, 0.15) is 35.6 Å². The molecule has 30 heavy (non-hydrogen) atoms. The van der Waals surface area contributed by atoms with Gasteiger partial charge in [0.1, 0.15) is 0 Å². The van der Waals surface area contributed by atoms with E-state index in [4.69, 9.17) is 37.8 Å². The van der Waals surface area contributed by atoms with Crippen LogP contribution >= 0.6 is 23.2 Å². The van der Waals surface area contributed by atoms with Crippen LogP contribution in [0.4, 0.5) is 0 Å². The minimum Gasteiger partial charge on any atom is -0.493 e. The monoisotopic (exact) mass is 448 g/mol. The Hall–Kier alpha value is -3.03. The predicted octanol–water partition coefficient (Wildman–Crippen LogP) is 4.81. The highest BCUT2D eigenvalue weighted by molar-refractivity contribution is 6.50. The number of carboxylic acids is 1. The normalized spacial score (nSPS) is 11.7. The summed E-state index contributed by atoms with van der Waals surface area (Å²) in [4.78, 5) is 30.4. The lowest BCUT2D eigenvalue weighted by Gasteiger charge is -2.15. The Labute approximate surface area is 181 Å². The number of fused-ring (bicyclic) bond motifs is 1. The van der Waals surface area contributed by atoms with Crippen molar-refractivity contribution in [3.05, 3.63) is 62.7 Å². The van der Waals surface area contributed by atoms with Crippen molar-refractivity contribution >= 4 is 51.2 Å². The van der Waals surface area contributed by atoms with Gasteiger partial charge in [-0.2, -0.15) is 0 Å². The summed E-state index contributed by atoms with van der Waals surface area (Å²) in [5.74, 6) is -0.180. The SMILES string of the molecule is COc1cc(/C=C(\Cl)c2nc3cc(C(=O)O)ccc3c(=O)[nH]2)cc(Cl)c1OC(C)C. The molecule has 2 N–H and O–H groups in total. The molecule has 0 aliphatic rings. The zero-order chi connectivity index (χ0) is 22.0. The van der Waals surface area contributed by atoms with Crippen LogP contribution in [0.15, 0.2) is 35.1 Å². The van der Waals surface area contributed by atoms with Gasteiger partial charge in [0, 0.05) is 0 Å². The van der Waals surface area contributed by atoms with E-state index in [1.54, 1.807) is 18.2 Å². The molecule has 3 rings (SSSR count). The van der Waals surface area contributed by atoms with Gasteiger partial charge < -0.3 is 19.6 Å². The van der Waals surface area contributed by atoms with Crippen molar-refractivity contribution in [3.8, 4) is 11.5 Å². The Balaban J connectivity index is 2.06. The van der Waals surface area contributed by atoms with Crippen LogP contribution in [0.3, 0.4) is 0 Å². The number of aromatic amines is 1. The Bertz CT molecular complexity index is 1220. The highest BCUT2D eigenvalue weighted by Gasteiger charge is 2.14. The molecule has 0 fully saturated rings. The summed E-state index contributed by atoms with van der Waals surface area (Å²) < 4.78 is 11.0. The molecule has 0 spiro atoms. The predicted molar refractivity (Wildman–Crippen MR) is 117 cm³/mol. The van der Waals surface area contributed by atoms with E-state index >= 15 is 0 Å². The van der Waals surface area contributed by atoms with Crippen molar-refractivity contribution in [2.24, 2.45) is 0 Å².